The predicted octanol–water partition coefficient (Wildman–Crippen LogP) is 4.77. The van der Waals surface area contributed by atoms with Crippen LogP contribution in [-0.2, 0) is 13.1 Å². The molecular weight excluding hydrogens is 372 g/mol. The Morgan fingerprint density at radius 3 is 2.75 bits per heavy atom. The molecule has 0 aliphatic heterocycles. The van der Waals surface area contributed by atoms with Crippen molar-refractivity contribution < 1.29 is 9.21 Å². The predicted molar refractivity (Wildman–Crippen MR) is 112 cm³/mol. The van der Waals surface area contributed by atoms with Crippen molar-refractivity contribution in [2.45, 2.75) is 45.9 Å². The summed E-state index contributed by atoms with van der Waals surface area (Å²) in [6, 6.07) is 5.66. The Kier molecular flexibility index (Phi) is 6.24. The maximum absolute atomic E-state index is 12.8. The van der Waals surface area contributed by atoms with Gasteiger partial charge in [-0.1, -0.05) is 31.7 Å². The molecule has 6 nitrogen and oxygen atoms in total. The van der Waals surface area contributed by atoms with Crippen LogP contribution in [0.3, 0.4) is 0 Å². The lowest BCUT2D eigenvalue weighted by atomic mass is 10.2. The summed E-state index contributed by atoms with van der Waals surface area (Å²) in [5.74, 6) is 2.19. The first kappa shape index (κ1) is 20.2. The monoisotopic (exact) mass is 398 g/mol. The van der Waals surface area contributed by atoms with Crippen LogP contribution in [0.1, 0.15) is 35.6 Å². The third-order valence-electron chi connectivity index (χ3n) is 4.52. The summed E-state index contributed by atoms with van der Waals surface area (Å²) >= 11 is 1.42. The molecule has 28 heavy (non-hydrogen) atoms. The minimum Gasteiger partial charge on any atom is -0.461 e. The van der Waals surface area contributed by atoms with E-state index in [1.54, 1.807) is 6.26 Å². The summed E-state index contributed by atoms with van der Waals surface area (Å²) < 4.78 is 9.62. The Morgan fingerprint density at radius 1 is 1.32 bits per heavy atom. The van der Waals surface area contributed by atoms with Crippen LogP contribution in [0.5, 0.6) is 0 Å². The first-order valence-electron chi connectivity index (χ1n) is 9.33. The molecule has 0 fully saturated rings. The van der Waals surface area contributed by atoms with Gasteiger partial charge in [-0.3, -0.25) is 9.36 Å². The van der Waals surface area contributed by atoms with Gasteiger partial charge in [-0.2, -0.15) is 0 Å². The van der Waals surface area contributed by atoms with E-state index in [0.29, 0.717) is 29.8 Å². The van der Waals surface area contributed by atoms with Gasteiger partial charge in [0.25, 0.3) is 0 Å². The fourth-order valence-corrected chi connectivity index (χ4v) is 4.05. The number of aryl methyl sites for hydroxylation is 1. The third-order valence-corrected chi connectivity index (χ3v) is 5.49. The Hall–Kier alpha value is -2.54. The highest BCUT2D eigenvalue weighted by atomic mass is 32.2. The molecule has 3 rings (SSSR count). The molecule has 0 radical (unpaired) electrons. The van der Waals surface area contributed by atoms with Crippen molar-refractivity contribution in [1.82, 2.24) is 19.3 Å². The molecule has 148 valence electrons. The molecule has 0 aliphatic rings. The fraction of sp³-hybridized carbons (Fsp3) is 0.381. The number of allylic oxidation sites excluding steroid dienone is 1. The second-order valence-electron chi connectivity index (χ2n) is 7.18. The summed E-state index contributed by atoms with van der Waals surface area (Å²) in [7, 11) is 0. The van der Waals surface area contributed by atoms with Gasteiger partial charge >= 0.3 is 0 Å². The number of ketones is 1. The van der Waals surface area contributed by atoms with Gasteiger partial charge in [-0.05, 0) is 38.0 Å². The van der Waals surface area contributed by atoms with Crippen molar-refractivity contribution >= 4 is 17.5 Å². The average Bonchev–Trinajstić information content (AvgIpc) is 3.36. The standard InChI is InChI=1S/C21H26N4O2S/c1-6-9-24-15(4)11-17(16(24)5)18(26)13-28-21-23-22-20(19-8-7-10-27-19)25(21)12-14(2)3/h6-8,10-11,14H,1,9,12-13H2,2-5H3. The van der Waals surface area contributed by atoms with E-state index in [9.17, 15) is 4.79 Å². The van der Waals surface area contributed by atoms with Crippen molar-refractivity contribution in [1.29, 1.82) is 0 Å². The van der Waals surface area contributed by atoms with Crippen molar-refractivity contribution in [2.75, 3.05) is 5.75 Å². The van der Waals surface area contributed by atoms with E-state index in [1.807, 2.05) is 42.7 Å². The van der Waals surface area contributed by atoms with Gasteiger partial charge in [0, 0.05) is 30.0 Å². The van der Waals surface area contributed by atoms with Crippen molar-refractivity contribution in [3.63, 3.8) is 0 Å². The van der Waals surface area contributed by atoms with E-state index in [4.69, 9.17) is 4.42 Å². The summed E-state index contributed by atoms with van der Waals surface area (Å²) in [5, 5.41) is 9.33. The number of aromatic nitrogens is 4. The molecule has 0 N–H and O–H groups in total. The zero-order chi connectivity index (χ0) is 20.3. The fourth-order valence-electron chi connectivity index (χ4n) is 3.21. The summed E-state index contributed by atoms with van der Waals surface area (Å²) in [4.78, 5) is 12.8. The van der Waals surface area contributed by atoms with Gasteiger partial charge in [0.2, 0.25) is 0 Å². The van der Waals surface area contributed by atoms with Gasteiger partial charge in [0.15, 0.2) is 22.5 Å². The van der Waals surface area contributed by atoms with E-state index in [-0.39, 0.29) is 5.78 Å². The minimum absolute atomic E-state index is 0.0899. The van der Waals surface area contributed by atoms with Crippen LogP contribution in [0, 0.1) is 19.8 Å². The smallest absolute Gasteiger partial charge is 0.200 e. The Labute approximate surface area is 169 Å². The van der Waals surface area contributed by atoms with E-state index in [1.165, 1.54) is 11.8 Å². The molecule has 0 bridgehead atoms. The third kappa shape index (κ3) is 4.14. The summed E-state index contributed by atoms with van der Waals surface area (Å²) in [6.45, 7) is 13.5. The quantitative estimate of drug-likeness (QED) is 0.295. The lowest BCUT2D eigenvalue weighted by Crippen LogP contribution is -2.10. The molecule has 0 atom stereocenters. The van der Waals surface area contributed by atoms with Crippen LogP contribution in [0.15, 0.2) is 46.7 Å². The van der Waals surface area contributed by atoms with Gasteiger partial charge in [0.05, 0.1) is 12.0 Å². The van der Waals surface area contributed by atoms with Crippen molar-refractivity contribution in [3.8, 4) is 11.6 Å². The Bertz CT molecular complexity index is 967. The normalized spacial score (nSPS) is 11.3. The number of nitrogens with zero attached hydrogens (tertiary/aromatic N) is 4. The number of furan rings is 1. The average molecular weight is 399 g/mol. The molecule has 0 aliphatic carbocycles. The van der Waals surface area contributed by atoms with Gasteiger partial charge < -0.3 is 8.98 Å². The largest absolute Gasteiger partial charge is 0.461 e. The minimum atomic E-state index is 0.0899. The maximum atomic E-state index is 12.8. The first-order valence-corrected chi connectivity index (χ1v) is 10.3. The number of thioether (sulfide) groups is 1. The van der Waals surface area contributed by atoms with E-state index in [2.05, 4.69) is 35.2 Å². The SMILES string of the molecule is C=CCn1c(C)cc(C(=O)CSc2nnc(-c3ccco3)n2CC(C)C)c1C. The number of carbonyl (C=O) groups excluding carboxylic acids is 1. The van der Waals surface area contributed by atoms with Gasteiger partial charge in [-0.15, -0.1) is 16.8 Å². The zero-order valence-corrected chi connectivity index (χ0v) is 17.6. The van der Waals surface area contributed by atoms with Crippen LogP contribution >= 0.6 is 11.8 Å². The number of Topliss-reactive ketones (excluding diaryl/α,β-unsaturated/α-hetero) is 1. The topological polar surface area (TPSA) is 65.8 Å². The van der Waals surface area contributed by atoms with Crippen LogP contribution < -0.4 is 0 Å². The van der Waals surface area contributed by atoms with Gasteiger partial charge in [-0.25, -0.2) is 0 Å². The molecule has 3 heterocycles. The first-order chi connectivity index (χ1) is 13.4. The molecule has 3 aromatic heterocycles. The molecule has 7 heteroatoms. The number of rotatable bonds is 9. The summed E-state index contributed by atoms with van der Waals surface area (Å²) in [5.41, 5.74) is 2.80. The van der Waals surface area contributed by atoms with Crippen LogP contribution in [0.4, 0.5) is 0 Å². The molecule has 0 saturated heterocycles. The maximum Gasteiger partial charge on any atom is 0.200 e. The highest BCUT2D eigenvalue weighted by Crippen LogP contribution is 2.27. The molecule has 0 spiro atoms. The highest BCUT2D eigenvalue weighted by Gasteiger charge is 2.20. The second-order valence-corrected chi connectivity index (χ2v) is 8.13. The van der Waals surface area contributed by atoms with Crippen molar-refractivity contribution in [2.24, 2.45) is 5.92 Å². The summed E-state index contributed by atoms with van der Waals surface area (Å²) in [6.07, 6.45) is 3.46. The molecule has 0 saturated carbocycles. The number of carbonyl (C=O) groups is 1. The molecule has 3 aromatic rings. The van der Waals surface area contributed by atoms with Crippen LogP contribution in [0.2, 0.25) is 0 Å². The van der Waals surface area contributed by atoms with Crippen LogP contribution in [-0.4, -0.2) is 30.9 Å². The highest BCUT2D eigenvalue weighted by molar-refractivity contribution is 7.99. The Morgan fingerprint density at radius 2 is 2.11 bits per heavy atom. The molecule has 0 amide bonds. The number of hydrogen-bond donors (Lipinski definition) is 0. The van der Waals surface area contributed by atoms with Gasteiger partial charge in [0.1, 0.15) is 0 Å². The second kappa shape index (κ2) is 8.65. The van der Waals surface area contributed by atoms with E-state index < -0.39 is 0 Å². The molecule has 0 aromatic carbocycles. The Balaban J connectivity index is 1.80. The number of hydrogen-bond acceptors (Lipinski definition) is 5. The zero-order valence-electron chi connectivity index (χ0n) is 16.8. The molecular formula is C21H26N4O2S. The van der Waals surface area contributed by atoms with Crippen LogP contribution in [0.25, 0.3) is 11.6 Å². The lowest BCUT2D eigenvalue weighted by Gasteiger charge is -2.11. The van der Waals surface area contributed by atoms with E-state index in [0.717, 1.165) is 28.7 Å². The van der Waals surface area contributed by atoms with Crippen molar-refractivity contribution in [3.05, 3.63) is 54.1 Å². The molecule has 0 unspecified atom stereocenters. The lowest BCUT2D eigenvalue weighted by molar-refractivity contribution is 0.102. The van der Waals surface area contributed by atoms with E-state index >= 15 is 0 Å².